The Morgan fingerprint density at radius 1 is 1.09 bits per heavy atom. The van der Waals surface area contributed by atoms with Gasteiger partial charge in [-0.25, -0.2) is 0 Å². The zero-order valence-corrected chi connectivity index (χ0v) is 22.2. The van der Waals surface area contributed by atoms with Crippen molar-refractivity contribution in [3.05, 3.63) is 82.4 Å². The summed E-state index contributed by atoms with van der Waals surface area (Å²) in [5, 5.41) is 18.9. The van der Waals surface area contributed by atoms with Crippen LogP contribution in [0, 0.1) is 38.9 Å². The second-order valence-corrected chi connectivity index (χ2v) is 12.5. The van der Waals surface area contributed by atoms with Crippen molar-refractivity contribution in [1.29, 1.82) is 10.5 Å². The average Bonchev–Trinajstić information content (AvgIpc) is 2.76. The molecular formula is C31H37N3O. The number of piperidine rings is 1. The van der Waals surface area contributed by atoms with Crippen molar-refractivity contribution in [1.82, 2.24) is 4.90 Å². The van der Waals surface area contributed by atoms with Crippen LogP contribution in [0.1, 0.15) is 61.3 Å². The first-order valence-corrected chi connectivity index (χ1v) is 12.6. The van der Waals surface area contributed by atoms with E-state index < -0.39 is 0 Å². The number of rotatable bonds is 2. The Bertz CT molecular complexity index is 1210. The van der Waals surface area contributed by atoms with Crippen LogP contribution in [0.15, 0.2) is 82.4 Å². The van der Waals surface area contributed by atoms with Crippen molar-refractivity contribution in [3.63, 3.8) is 0 Å². The third-order valence-electron chi connectivity index (χ3n) is 7.72. The molecule has 1 aliphatic carbocycles. The van der Waals surface area contributed by atoms with Crippen LogP contribution in [0.2, 0.25) is 0 Å². The van der Waals surface area contributed by atoms with E-state index in [0.717, 1.165) is 18.8 Å². The fourth-order valence-electron chi connectivity index (χ4n) is 5.98. The van der Waals surface area contributed by atoms with E-state index in [0.29, 0.717) is 11.3 Å². The molecule has 0 bridgehead atoms. The van der Waals surface area contributed by atoms with Gasteiger partial charge in [0.25, 0.3) is 0 Å². The van der Waals surface area contributed by atoms with E-state index in [-0.39, 0.29) is 27.4 Å². The molecule has 0 aromatic rings. The van der Waals surface area contributed by atoms with Crippen LogP contribution in [0.25, 0.3) is 0 Å². The molecule has 0 aromatic heterocycles. The zero-order valence-electron chi connectivity index (χ0n) is 22.2. The van der Waals surface area contributed by atoms with Crippen molar-refractivity contribution in [2.75, 3.05) is 13.1 Å². The number of hydrogen-bond acceptors (Lipinski definition) is 4. The lowest BCUT2D eigenvalue weighted by atomic mass is 9.57. The molecule has 4 aliphatic rings. The van der Waals surface area contributed by atoms with Gasteiger partial charge in [0, 0.05) is 17.5 Å². The maximum absolute atomic E-state index is 9.45. The lowest BCUT2D eigenvalue weighted by Gasteiger charge is -2.61. The van der Waals surface area contributed by atoms with Gasteiger partial charge in [-0.15, -0.1) is 0 Å². The second kappa shape index (κ2) is 8.54. The zero-order chi connectivity index (χ0) is 25.6. The smallest absolute Gasteiger partial charge is 0.137 e. The third-order valence-corrected chi connectivity index (χ3v) is 7.72. The molecule has 0 radical (unpaired) electrons. The highest BCUT2D eigenvalue weighted by molar-refractivity contribution is 5.59. The van der Waals surface area contributed by atoms with Crippen LogP contribution in [-0.4, -0.2) is 23.5 Å². The molecule has 182 valence electrons. The molecule has 1 unspecified atom stereocenters. The molecule has 4 nitrogen and oxygen atoms in total. The van der Waals surface area contributed by atoms with Crippen molar-refractivity contribution in [2.24, 2.45) is 16.2 Å². The predicted octanol–water partition coefficient (Wildman–Crippen LogP) is 7.05. The van der Waals surface area contributed by atoms with Crippen LogP contribution in [0.5, 0.6) is 0 Å². The van der Waals surface area contributed by atoms with E-state index in [2.05, 4.69) is 83.7 Å². The van der Waals surface area contributed by atoms with Gasteiger partial charge in [0.2, 0.25) is 0 Å². The minimum atomic E-state index is -0.256. The molecule has 3 aliphatic heterocycles. The number of nitrogens with zero attached hydrogens (tertiary/aromatic N) is 3. The van der Waals surface area contributed by atoms with Gasteiger partial charge in [-0.2, -0.15) is 10.5 Å². The Labute approximate surface area is 210 Å². The van der Waals surface area contributed by atoms with Gasteiger partial charge in [0.15, 0.2) is 0 Å². The summed E-state index contributed by atoms with van der Waals surface area (Å²) in [7, 11) is 0. The standard InChI is InChI=1S/C31H37N3O/c1-28(2,3)27-17-23(24(19-32)20-33)16-25(35-27)12-11-22-10-8-14-31-26(22)18-29(4,5)21-34(31)15-9-13-30(31,6)7/h8,10-12,14,16-18H,9,13,15,21H2,1-7H3/b12-11+. The average molecular weight is 468 g/mol. The van der Waals surface area contributed by atoms with Crippen molar-refractivity contribution >= 4 is 0 Å². The van der Waals surface area contributed by atoms with Gasteiger partial charge >= 0.3 is 0 Å². The first kappa shape index (κ1) is 25.0. The highest BCUT2D eigenvalue weighted by Gasteiger charge is 2.56. The molecule has 0 amide bonds. The van der Waals surface area contributed by atoms with Crippen LogP contribution < -0.4 is 0 Å². The normalized spacial score (nSPS) is 27.3. The minimum absolute atomic E-state index is 0.0809. The summed E-state index contributed by atoms with van der Waals surface area (Å²) >= 11 is 0. The van der Waals surface area contributed by atoms with Crippen LogP contribution in [0.3, 0.4) is 0 Å². The maximum Gasteiger partial charge on any atom is 0.137 e. The summed E-state index contributed by atoms with van der Waals surface area (Å²) in [5.41, 5.74) is 3.06. The molecule has 4 heteroatoms. The Kier molecular flexibility index (Phi) is 6.11. The lowest BCUT2D eigenvalue weighted by Crippen LogP contribution is -2.65. The molecule has 4 rings (SSSR count). The van der Waals surface area contributed by atoms with E-state index in [1.807, 2.05) is 24.3 Å². The van der Waals surface area contributed by atoms with Gasteiger partial charge < -0.3 is 4.74 Å². The molecule has 1 fully saturated rings. The fraction of sp³-hybridized carbons (Fsp3) is 0.484. The number of allylic oxidation sites excluding steroid dienone is 9. The summed E-state index contributed by atoms with van der Waals surface area (Å²) < 4.78 is 6.24. The highest BCUT2D eigenvalue weighted by atomic mass is 16.5. The van der Waals surface area contributed by atoms with Crippen LogP contribution >= 0.6 is 0 Å². The minimum Gasteiger partial charge on any atom is -0.461 e. The topological polar surface area (TPSA) is 60.1 Å². The molecule has 0 saturated carbocycles. The van der Waals surface area contributed by atoms with Crippen molar-refractivity contribution < 1.29 is 4.74 Å². The van der Waals surface area contributed by atoms with Gasteiger partial charge in [0.1, 0.15) is 29.2 Å². The summed E-state index contributed by atoms with van der Waals surface area (Å²) in [6.07, 6.45) is 19.4. The molecule has 0 N–H and O–H groups in total. The summed E-state index contributed by atoms with van der Waals surface area (Å²) in [6, 6.07) is 4.04. The number of ether oxygens (including phenoxy) is 1. The van der Waals surface area contributed by atoms with Gasteiger partial charge in [-0.05, 0) is 59.6 Å². The monoisotopic (exact) mass is 467 g/mol. The molecule has 3 heterocycles. The predicted molar refractivity (Wildman–Crippen MR) is 141 cm³/mol. The van der Waals surface area contributed by atoms with Gasteiger partial charge in [-0.3, -0.25) is 4.90 Å². The molecule has 1 atom stereocenters. The Hall–Kier alpha value is -3.08. The second-order valence-electron chi connectivity index (χ2n) is 12.5. The summed E-state index contributed by atoms with van der Waals surface area (Å²) in [4.78, 5) is 2.69. The summed E-state index contributed by atoms with van der Waals surface area (Å²) in [5.74, 6) is 1.37. The fourth-order valence-corrected chi connectivity index (χ4v) is 5.98. The van der Waals surface area contributed by atoms with E-state index in [1.54, 1.807) is 6.08 Å². The van der Waals surface area contributed by atoms with E-state index in [9.17, 15) is 10.5 Å². The third kappa shape index (κ3) is 4.37. The van der Waals surface area contributed by atoms with E-state index in [4.69, 9.17) is 4.74 Å². The molecule has 35 heavy (non-hydrogen) atoms. The van der Waals surface area contributed by atoms with Gasteiger partial charge in [0.05, 0.1) is 5.54 Å². The maximum atomic E-state index is 9.45. The quantitative estimate of drug-likeness (QED) is 0.408. The summed E-state index contributed by atoms with van der Waals surface area (Å²) in [6.45, 7) is 17.8. The van der Waals surface area contributed by atoms with Gasteiger partial charge in [-0.1, -0.05) is 78.8 Å². The Morgan fingerprint density at radius 2 is 1.80 bits per heavy atom. The Morgan fingerprint density at radius 3 is 2.46 bits per heavy atom. The van der Waals surface area contributed by atoms with Crippen molar-refractivity contribution in [2.45, 2.75) is 66.8 Å². The SMILES string of the molecule is CC1(C)C=C2C(/C=C/C3=CC(=C(C#N)C#N)C=C(C(C)(C)C)O3)=CC=CC23N(CCCC3(C)C)C1. The van der Waals surface area contributed by atoms with Crippen LogP contribution in [0.4, 0.5) is 0 Å². The van der Waals surface area contributed by atoms with E-state index >= 15 is 0 Å². The Balaban J connectivity index is 1.77. The first-order valence-electron chi connectivity index (χ1n) is 12.6. The largest absolute Gasteiger partial charge is 0.461 e. The van der Waals surface area contributed by atoms with E-state index in [1.165, 1.54) is 24.0 Å². The lowest BCUT2D eigenvalue weighted by molar-refractivity contribution is -0.0211. The number of hydrogen-bond donors (Lipinski definition) is 0. The molecule has 0 aromatic carbocycles. The molecule has 1 saturated heterocycles. The van der Waals surface area contributed by atoms with Crippen LogP contribution in [-0.2, 0) is 4.74 Å². The molecule has 1 spiro atoms. The first-order chi connectivity index (χ1) is 16.3. The molecular weight excluding hydrogens is 430 g/mol. The highest BCUT2D eigenvalue weighted by Crippen LogP contribution is 2.56. The number of nitriles is 2. The van der Waals surface area contributed by atoms with Crippen molar-refractivity contribution in [3.8, 4) is 12.1 Å².